The van der Waals surface area contributed by atoms with E-state index in [0.717, 1.165) is 11.1 Å². The normalized spacial score (nSPS) is 10.3. The minimum Gasteiger partial charge on any atom is -0.484 e. The summed E-state index contributed by atoms with van der Waals surface area (Å²) in [5, 5.41) is 5.43. The molecule has 0 heterocycles. The summed E-state index contributed by atoms with van der Waals surface area (Å²) < 4.78 is 5.47. The fourth-order valence-corrected chi connectivity index (χ4v) is 1.75. The number of nitrogens with one attached hydrogen (secondary N) is 2. The van der Waals surface area contributed by atoms with Crippen LogP contribution in [-0.4, -0.2) is 31.5 Å². The second kappa shape index (κ2) is 8.29. The Morgan fingerprint density at radius 3 is 2.43 bits per heavy atom. The van der Waals surface area contributed by atoms with Crippen molar-refractivity contribution in [2.75, 3.05) is 19.7 Å². The van der Waals surface area contributed by atoms with Gasteiger partial charge in [0.15, 0.2) is 6.61 Å². The molecule has 5 heteroatoms. The molecule has 5 nitrogen and oxygen atoms in total. The Labute approximate surface area is 126 Å². The van der Waals surface area contributed by atoms with Crippen LogP contribution in [0.5, 0.6) is 5.75 Å². The van der Waals surface area contributed by atoms with Crippen molar-refractivity contribution in [2.24, 2.45) is 5.92 Å². The second-order valence-corrected chi connectivity index (χ2v) is 5.35. The summed E-state index contributed by atoms with van der Waals surface area (Å²) >= 11 is 0. The average Bonchev–Trinajstić information content (AvgIpc) is 2.42. The lowest BCUT2D eigenvalue weighted by atomic mass is 10.1. The van der Waals surface area contributed by atoms with E-state index in [1.807, 2.05) is 45.9 Å². The van der Waals surface area contributed by atoms with Crippen molar-refractivity contribution < 1.29 is 14.3 Å². The van der Waals surface area contributed by atoms with E-state index in [-0.39, 0.29) is 24.3 Å². The summed E-state index contributed by atoms with van der Waals surface area (Å²) in [6.45, 7) is 8.40. The van der Waals surface area contributed by atoms with Crippen LogP contribution >= 0.6 is 0 Å². The van der Waals surface area contributed by atoms with Gasteiger partial charge in [0.05, 0.1) is 0 Å². The van der Waals surface area contributed by atoms with Gasteiger partial charge in [-0.1, -0.05) is 31.5 Å². The van der Waals surface area contributed by atoms with E-state index in [2.05, 4.69) is 10.6 Å². The molecule has 0 aliphatic rings. The molecule has 1 aromatic rings. The highest BCUT2D eigenvalue weighted by Gasteiger charge is 2.07. The van der Waals surface area contributed by atoms with Crippen LogP contribution < -0.4 is 15.4 Å². The summed E-state index contributed by atoms with van der Waals surface area (Å²) in [6.07, 6.45) is 0. The molecule has 2 amide bonds. The molecule has 0 saturated carbocycles. The largest absolute Gasteiger partial charge is 0.484 e. The molecule has 2 N–H and O–H groups in total. The van der Waals surface area contributed by atoms with E-state index >= 15 is 0 Å². The van der Waals surface area contributed by atoms with Gasteiger partial charge in [-0.05, 0) is 25.5 Å². The third-order valence-corrected chi connectivity index (χ3v) is 2.96. The number of ether oxygens (including phenoxy) is 1. The first-order valence-electron chi connectivity index (χ1n) is 7.14. The number of amides is 2. The molecule has 116 valence electrons. The first kappa shape index (κ1) is 17.0. The Balaban J connectivity index is 2.24. The molecule has 1 aromatic carbocycles. The first-order chi connectivity index (χ1) is 9.90. The van der Waals surface area contributed by atoms with Crippen molar-refractivity contribution in [3.8, 4) is 5.75 Å². The molecule has 0 bridgehead atoms. The third-order valence-electron chi connectivity index (χ3n) is 2.96. The fraction of sp³-hybridized carbons (Fsp3) is 0.500. The molecule has 1 rings (SSSR count). The van der Waals surface area contributed by atoms with Crippen LogP contribution in [0.4, 0.5) is 0 Å². The van der Waals surface area contributed by atoms with Gasteiger partial charge in [0.1, 0.15) is 5.75 Å². The predicted octanol–water partition coefficient (Wildman–Crippen LogP) is 1.57. The number of carbonyl (C=O) groups excluding carboxylic acids is 2. The van der Waals surface area contributed by atoms with Crippen molar-refractivity contribution >= 4 is 11.8 Å². The van der Waals surface area contributed by atoms with Gasteiger partial charge in [-0.25, -0.2) is 0 Å². The standard InChI is InChI=1S/C16H24N2O3/c1-11(2)16(20)18-8-7-17-15(19)10-21-14-6-5-12(3)9-13(14)4/h5-6,9,11H,7-8,10H2,1-4H3,(H,17,19)(H,18,20). The monoisotopic (exact) mass is 292 g/mol. The van der Waals surface area contributed by atoms with Gasteiger partial charge in [0.2, 0.25) is 5.91 Å². The zero-order valence-corrected chi connectivity index (χ0v) is 13.2. The predicted molar refractivity (Wildman–Crippen MR) is 82.3 cm³/mol. The molecule has 0 aliphatic heterocycles. The van der Waals surface area contributed by atoms with E-state index < -0.39 is 0 Å². The molecule has 0 unspecified atom stereocenters. The van der Waals surface area contributed by atoms with Crippen LogP contribution in [0.2, 0.25) is 0 Å². The SMILES string of the molecule is Cc1ccc(OCC(=O)NCCNC(=O)C(C)C)c(C)c1. The molecule has 0 aromatic heterocycles. The number of benzene rings is 1. The van der Waals surface area contributed by atoms with Gasteiger partial charge in [0, 0.05) is 19.0 Å². The van der Waals surface area contributed by atoms with E-state index in [4.69, 9.17) is 4.74 Å². The highest BCUT2D eigenvalue weighted by atomic mass is 16.5. The van der Waals surface area contributed by atoms with Gasteiger partial charge in [0.25, 0.3) is 5.91 Å². The zero-order chi connectivity index (χ0) is 15.8. The number of rotatable bonds is 7. The Hall–Kier alpha value is -2.04. The van der Waals surface area contributed by atoms with E-state index in [9.17, 15) is 9.59 Å². The molecule has 21 heavy (non-hydrogen) atoms. The Kier molecular flexibility index (Phi) is 6.72. The summed E-state index contributed by atoms with van der Waals surface area (Å²) in [6, 6.07) is 5.82. The van der Waals surface area contributed by atoms with E-state index in [0.29, 0.717) is 18.8 Å². The van der Waals surface area contributed by atoms with E-state index in [1.165, 1.54) is 0 Å². The van der Waals surface area contributed by atoms with Gasteiger partial charge in [-0.15, -0.1) is 0 Å². The summed E-state index contributed by atoms with van der Waals surface area (Å²) in [5.41, 5.74) is 2.16. The topological polar surface area (TPSA) is 67.4 Å². The molecule has 0 aliphatic carbocycles. The summed E-state index contributed by atoms with van der Waals surface area (Å²) in [5.74, 6) is 0.446. The van der Waals surface area contributed by atoms with Gasteiger partial charge >= 0.3 is 0 Å². The maximum absolute atomic E-state index is 11.6. The lowest BCUT2D eigenvalue weighted by Crippen LogP contribution is -2.38. The van der Waals surface area contributed by atoms with Crippen molar-refractivity contribution in [1.82, 2.24) is 10.6 Å². The minimum absolute atomic E-state index is 0.0178. The number of hydrogen-bond acceptors (Lipinski definition) is 3. The van der Waals surface area contributed by atoms with Crippen LogP contribution in [0.1, 0.15) is 25.0 Å². The molecule has 0 saturated heterocycles. The summed E-state index contributed by atoms with van der Waals surface area (Å²) in [4.78, 5) is 22.9. The minimum atomic E-state index is -0.200. The van der Waals surface area contributed by atoms with Crippen molar-refractivity contribution in [2.45, 2.75) is 27.7 Å². The highest BCUT2D eigenvalue weighted by molar-refractivity contribution is 5.78. The highest BCUT2D eigenvalue weighted by Crippen LogP contribution is 2.18. The van der Waals surface area contributed by atoms with Crippen LogP contribution in [0.3, 0.4) is 0 Å². The van der Waals surface area contributed by atoms with Crippen molar-refractivity contribution in [3.05, 3.63) is 29.3 Å². The first-order valence-corrected chi connectivity index (χ1v) is 7.14. The van der Waals surface area contributed by atoms with E-state index in [1.54, 1.807) is 0 Å². The molecule has 0 spiro atoms. The second-order valence-electron chi connectivity index (χ2n) is 5.35. The zero-order valence-electron chi connectivity index (χ0n) is 13.2. The quantitative estimate of drug-likeness (QED) is 0.750. The van der Waals surface area contributed by atoms with Gasteiger partial charge < -0.3 is 15.4 Å². The van der Waals surface area contributed by atoms with Gasteiger partial charge in [-0.2, -0.15) is 0 Å². The molecular formula is C16H24N2O3. The van der Waals surface area contributed by atoms with Crippen LogP contribution in [-0.2, 0) is 9.59 Å². The van der Waals surface area contributed by atoms with Crippen LogP contribution in [0.15, 0.2) is 18.2 Å². The number of hydrogen-bond donors (Lipinski definition) is 2. The Morgan fingerprint density at radius 2 is 1.81 bits per heavy atom. The third kappa shape index (κ3) is 6.29. The summed E-state index contributed by atoms with van der Waals surface area (Å²) in [7, 11) is 0. The Morgan fingerprint density at radius 1 is 1.14 bits per heavy atom. The van der Waals surface area contributed by atoms with Gasteiger partial charge in [-0.3, -0.25) is 9.59 Å². The maximum atomic E-state index is 11.6. The molecule has 0 atom stereocenters. The van der Waals surface area contributed by atoms with Crippen molar-refractivity contribution in [3.63, 3.8) is 0 Å². The maximum Gasteiger partial charge on any atom is 0.258 e. The Bertz CT molecular complexity index is 498. The van der Waals surface area contributed by atoms with Crippen LogP contribution in [0, 0.1) is 19.8 Å². The fourth-order valence-electron chi connectivity index (χ4n) is 1.75. The van der Waals surface area contributed by atoms with Crippen molar-refractivity contribution in [1.29, 1.82) is 0 Å². The van der Waals surface area contributed by atoms with Crippen LogP contribution in [0.25, 0.3) is 0 Å². The molecular weight excluding hydrogens is 268 g/mol. The lowest BCUT2D eigenvalue weighted by Gasteiger charge is -2.11. The lowest BCUT2D eigenvalue weighted by molar-refractivity contribution is -0.125. The number of carbonyl (C=O) groups is 2. The number of aryl methyl sites for hydroxylation is 2. The molecule has 0 radical (unpaired) electrons. The smallest absolute Gasteiger partial charge is 0.258 e. The molecule has 0 fully saturated rings. The average molecular weight is 292 g/mol.